The molecule has 0 saturated carbocycles. The van der Waals surface area contributed by atoms with Crippen LogP contribution in [0.1, 0.15) is 17.3 Å². The van der Waals surface area contributed by atoms with Crippen LogP contribution in [-0.2, 0) is 9.59 Å². The molecule has 0 N–H and O–H groups in total. The second kappa shape index (κ2) is 5.45. The van der Waals surface area contributed by atoms with E-state index in [1.165, 1.54) is 12.2 Å². The van der Waals surface area contributed by atoms with E-state index in [0.29, 0.717) is 5.56 Å². The molecule has 1 aromatic rings. The zero-order chi connectivity index (χ0) is 11.1. The van der Waals surface area contributed by atoms with E-state index in [4.69, 9.17) is 0 Å². The quantitative estimate of drug-likeness (QED) is 0.551. The standard InChI is InChI=1S/C11H8N2O2/c1-2-9-5-3-4-6-10(9)11(12-7-14)13-8-15/h2-6,11H,1H2. The first kappa shape index (κ1) is 10.8. The molecule has 0 saturated heterocycles. The van der Waals surface area contributed by atoms with Gasteiger partial charge in [-0.1, -0.05) is 36.9 Å². The highest BCUT2D eigenvalue weighted by atomic mass is 16.1. The lowest BCUT2D eigenvalue weighted by atomic mass is 10.1. The lowest BCUT2D eigenvalue weighted by Gasteiger charge is -2.06. The molecule has 0 unspecified atom stereocenters. The van der Waals surface area contributed by atoms with Gasteiger partial charge in [0.15, 0.2) is 6.17 Å². The Bertz CT molecular complexity index is 437. The van der Waals surface area contributed by atoms with Gasteiger partial charge in [-0.3, -0.25) is 0 Å². The van der Waals surface area contributed by atoms with Crippen molar-refractivity contribution in [2.75, 3.05) is 0 Å². The fourth-order valence-electron chi connectivity index (χ4n) is 1.20. The van der Waals surface area contributed by atoms with Gasteiger partial charge in [-0.25, -0.2) is 9.59 Å². The molecule has 0 bridgehead atoms. The van der Waals surface area contributed by atoms with Gasteiger partial charge in [0.1, 0.15) is 0 Å². The van der Waals surface area contributed by atoms with Crippen molar-refractivity contribution in [1.29, 1.82) is 0 Å². The monoisotopic (exact) mass is 200 g/mol. The predicted molar refractivity (Wildman–Crippen MR) is 55.5 cm³/mol. The summed E-state index contributed by atoms with van der Waals surface area (Å²) in [4.78, 5) is 27.1. The van der Waals surface area contributed by atoms with E-state index in [0.717, 1.165) is 5.56 Å². The summed E-state index contributed by atoms with van der Waals surface area (Å²) in [5.41, 5.74) is 1.39. The Morgan fingerprint density at radius 2 is 1.80 bits per heavy atom. The minimum absolute atomic E-state index is 0.624. The lowest BCUT2D eigenvalue weighted by molar-refractivity contribution is 0.552. The summed E-state index contributed by atoms with van der Waals surface area (Å²) in [5, 5.41) is 0. The lowest BCUT2D eigenvalue weighted by Crippen LogP contribution is -1.94. The normalized spacial score (nSPS) is 10.7. The highest BCUT2D eigenvalue weighted by molar-refractivity contribution is 5.54. The molecule has 0 radical (unpaired) electrons. The first-order chi connectivity index (χ1) is 7.33. The molecule has 0 aliphatic carbocycles. The van der Waals surface area contributed by atoms with Crippen molar-refractivity contribution >= 4 is 18.2 Å². The van der Waals surface area contributed by atoms with Gasteiger partial charge in [0, 0.05) is 5.56 Å². The number of rotatable bonds is 4. The van der Waals surface area contributed by atoms with Gasteiger partial charge in [0.05, 0.1) is 0 Å². The third-order valence-electron chi connectivity index (χ3n) is 1.84. The molecule has 0 heterocycles. The maximum Gasteiger partial charge on any atom is 0.237 e. The molecule has 0 amide bonds. The smallest absolute Gasteiger partial charge is 0.211 e. The Labute approximate surface area is 86.7 Å². The minimum Gasteiger partial charge on any atom is -0.211 e. The average molecular weight is 200 g/mol. The molecule has 0 aliphatic rings. The van der Waals surface area contributed by atoms with Crippen LogP contribution in [0, 0.1) is 0 Å². The van der Waals surface area contributed by atoms with Gasteiger partial charge >= 0.3 is 0 Å². The van der Waals surface area contributed by atoms with Crippen LogP contribution >= 0.6 is 0 Å². The summed E-state index contributed by atoms with van der Waals surface area (Å²) < 4.78 is 0. The summed E-state index contributed by atoms with van der Waals surface area (Å²) in [5.74, 6) is 0. The van der Waals surface area contributed by atoms with E-state index < -0.39 is 6.17 Å². The van der Waals surface area contributed by atoms with Gasteiger partial charge in [-0.2, -0.15) is 9.98 Å². The van der Waals surface area contributed by atoms with Crippen molar-refractivity contribution in [3.63, 3.8) is 0 Å². The molecule has 0 fully saturated rings. The molecule has 74 valence electrons. The number of aliphatic imine (C=N–C) groups is 2. The maximum absolute atomic E-state index is 10.2. The largest absolute Gasteiger partial charge is 0.237 e. The fraction of sp³-hybridized carbons (Fsp3) is 0.0909. The number of carbonyl (C=O) groups excluding carboxylic acids is 2. The molecule has 4 nitrogen and oxygen atoms in total. The van der Waals surface area contributed by atoms with Gasteiger partial charge in [-0.15, -0.1) is 0 Å². The summed E-state index contributed by atoms with van der Waals surface area (Å²) in [7, 11) is 0. The zero-order valence-corrected chi connectivity index (χ0v) is 7.88. The molecule has 0 atom stereocenters. The fourth-order valence-corrected chi connectivity index (χ4v) is 1.20. The van der Waals surface area contributed by atoms with Crippen molar-refractivity contribution < 1.29 is 9.59 Å². The van der Waals surface area contributed by atoms with E-state index in [1.807, 2.05) is 6.07 Å². The van der Waals surface area contributed by atoms with Gasteiger partial charge < -0.3 is 0 Å². The molecular formula is C11H8N2O2. The Morgan fingerprint density at radius 3 is 2.33 bits per heavy atom. The number of benzene rings is 1. The minimum atomic E-state index is -0.880. The summed E-state index contributed by atoms with van der Waals surface area (Å²) in [6.07, 6.45) is 3.46. The third-order valence-corrected chi connectivity index (χ3v) is 1.84. The molecule has 1 aromatic carbocycles. The van der Waals surface area contributed by atoms with Crippen molar-refractivity contribution in [3.05, 3.63) is 42.0 Å². The number of nitrogens with zero attached hydrogens (tertiary/aromatic N) is 2. The molecule has 0 spiro atoms. The van der Waals surface area contributed by atoms with Crippen molar-refractivity contribution in [3.8, 4) is 0 Å². The molecule has 1 rings (SSSR count). The van der Waals surface area contributed by atoms with Crippen molar-refractivity contribution in [2.24, 2.45) is 9.98 Å². The molecule has 15 heavy (non-hydrogen) atoms. The molecular weight excluding hydrogens is 192 g/mol. The Hall–Kier alpha value is -2.28. The van der Waals surface area contributed by atoms with Gasteiger partial charge in [-0.05, 0) is 5.56 Å². The summed E-state index contributed by atoms with van der Waals surface area (Å²) >= 11 is 0. The Kier molecular flexibility index (Phi) is 3.92. The van der Waals surface area contributed by atoms with Crippen LogP contribution < -0.4 is 0 Å². The topological polar surface area (TPSA) is 58.9 Å². The zero-order valence-electron chi connectivity index (χ0n) is 7.88. The maximum atomic E-state index is 10.2. The second-order valence-electron chi connectivity index (χ2n) is 2.65. The van der Waals surface area contributed by atoms with Crippen LogP contribution in [0.2, 0.25) is 0 Å². The van der Waals surface area contributed by atoms with Crippen molar-refractivity contribution in [1.82, 2.24) is 0 Å². The number of hydrogen-bond donors (Lipinski definition) is 0. The first-order valence-electron chi connectivity index (χ1n) is 4.18. The SMILES string of the molecule is C=Cc1ccccc1C(N=C=O)N=C=O. The van der Waals surface area contributed by atoms with E-state index >= 15 is 0 Å². The van der Waals surface area contributed by atoms with Gasteiger partial charge in [0.2, 0.25) is 12.2 Å². The number of hydrogen-bond acceptors (Lipinski definition) is 4. The predicted octanol–water partition coefficient (Wildman–Crippen LogP) is 2.00. The first-order valence-corrected chi connectivity index (χ1v) is 4.18. The molecule has 4 heteroatoms. The van der Waals surface area contributed by atoms with Crippen LogP contribution in [-0.4, -0.2) is 12.2 Å². The van der Waals surface area contributed by atoms with Crippen LogP contribution in [0.25, 0.3) is 6.08 Å². The Morgan fingerprint density at radius 1 is 1.20 bits per heavy atom. The van der Waals surface area contributed by atoms with Crippen molar-refractivity contribution in [2.45, 2.75) is 6.17 Å². The third kappa shape index (κ3) is 2.58. The van der Waals surface area contributed by atoms with E-state index in [1.54, 1.807) is 24.3 Å². The van der Waals surface area contributed by atoms with Crippen LogP contribution in [0.4, 0.5) is 0 Å². The highest BCUT2D eigenvalue weighted by Crippen LogP contribution is 2.22. The van der Waals surface area contributed by atoms with Crippen LogP contribution in [0.5, 0.6) is 0 Å². The summed E-state index contributed by atoms with van der Waals surface area (Å²) in [6, 6.07) is 7.07. The van der Waals surface area contributed by atoms with Crippen LogP contribution in [0.15, 0.2) is 40.8 Å². The second-order valence-corrected chi connectivity index (χ2v) is 2.65. The van der Waals surface area contributed by atoms with E-state index in [-0.39, 0.29) is 0 Å². The van der Waals surface area contributed by atoms with E-state index in [2.05, 4.69) is 16.6 Å². The summed E-state index contributed by atoms with van der Waals surface area (Å²) in [6.45, 7) is 3.61. The van der Waals surface area contributed by atoms with Gasteiger partial charge in [0.25, 0.3) is 0 Å². The van der Waals surface area contributed by atoms with Crippen LogP contribution in [0.3, 0.4) is 0 Å². The Balaban J connectivity index is 3.26. The molecule has 0 aliphatic heterocycles. The highest BCUT2D eigenvalue weighted by Gasteiger charge is 2.10. The number of isocyanates is 2. The van der Waals surface area contributed by atoms with E-state index in [9.17, 15) is 9.59 Å². The average Bonchev–Trinajstić information content (AvgIpc) is 2.29. The molecule has 0 aromatic heterocycles.